The van der Waals surface area contributed by atoms with E-state index in [1.165, 1.54) is 25.7 Å². The highest BCUT2D eigenvalue weighted by Crippen LogP contribution is 2.17. The lowest BCUT2D eigenvalue weighted by atomic mass is 10.2. The fourth-order valence-electron chi connectivity index (χ4n) is 1.81. The Morgan fingerprint density at radius 1 is 1.27 bits per heavy atom. The molecule has 0 spiro atoms. The van der Waals surface area contributed by atoms with Gasteiger partial charge in [0, 0.05) is 13.1 Å². The smallest absolute Gasteiger partial charge is 0.266 e. The number of hydrogen-bond donors (Lipinski definition) is 1. The fraction of sp³-hybridized carbons (Fsp3) is 0.800. The van der Waals surface area contributed by atoms with E-state index in [-0.39, 0.29) is 6.04 Å². The fourth-order valence-corrected chi connectivity index (χ4v) is 1.81. The summed E-state index contributed by atoms with van der Waals surface area (Å²) in [5, 5.41) is 3.96. The average molecular weight is 210 g/mol. The zero-order chi connectivity index (χ0) is 10.7. The highest BCUT2D eigenvalue weighted by Gasteiger charge is 2.17. The second-order valence-corrected chi connectivity index (χ2v) is 4.12. The first-order valence-corrected chi connectivity index (χ1v) is 5.61. The number of aromatic nitrogens is 2. The molecule has 0 aliphatic carbocycles. The van der Waals surface area contributed by atoms with E-state index in [0.29, 0.717) is 11.8 Å². The molecule has 1 aromatic rings. The lowest BCUT2D eigenvalue weighted by molar-refractivity contribution is 0.360. The van der Waals surface area contributed by atoms with E-state index in [1.54, 1.807) is 0 Å². The maximum atomic E-state index is 5.67. The van der Waals surface area contributed by atoms with Crippen molar-refractivity contribution in [2.24, 2.45) is 5.73 Å². The predicted octanol–water partition coefficient (Wildman–Crippen LogP) is 1.47. The predicted molar refractivity (Wildman–Crippen MR) is 57.6 cm³/mol. The van der Waals surface area contributed by atoms with Crippen LogP contribution in [0.1, 0.15) is 44.5 Å². The summed E-state index contributed by atoms with van der Waals surface area (Å²) >= 11 is 0. The van der Waals surface area contributed by atoms with Crippen LogP contribution in [0.15, 0.2) is 4.52 Å². The van der Waals surface area contributed by atoms with E-state index in [1.807, 2.05) is 6.92 Å². The molecule has 0 aromatic carbocycles. The first-order valence-electron chi connectivity index (χ1n) is 5.61. The summed E-state index contributed by atoms with van der Waals surface area (Å²) in [6.45, 7) is 3.90. The summed E-state index contributed by atoms with van der Waals surface area (Å²) < 4.78 is 5.09. The van der Waals surface area contributed by atoms with E-state index in [0.717, 1.165) is 13.1 Å². The number of nitrogens with two attached hydrogens (primary N) is 1. The Morgan fingerprint density at radius 2 is 1.93 bits per heavy atom. The molecule has 0 radical (unpaired) electrons. The Bertz CT molecular complexity index is 302. The molecule has 5 heteroatoms. The summed E-state index contributed by atoms with van der Waals surface area (Å²) in [6.07, 6.45) is 5.02. The van der Waals surface area contributed by atoms with Gasteiger partial charge >= 0.3 is 0 Å². The quantitative estimate of drug-likeness (QED) is 0.800. The van der Waals surface area contributed by atoms with Gasteiger partial charge in [-0.3, -0.25) is 0 Å². The summed E-state index contributed by atoms with van der Waals surface area (Å²) in [5.74, 6) is 1.22. The van der Waals surface area contributed by atoms with Crippen molar-refractivity contribution >= 4 is 5.95 Å². The molecule has 1 aliphatic heterocycles. The molecule has 2 rings (SSSR count). The molecule has 0 unspecified atom stereocenters. The Hall–Kier alpha value is -1.10. The van der Waals surface area contributed by atoms with Crippen molar-refractivity contribution in [3.05, 3.63) is 5.89 Å². The van der Waals surface area contributed by atoms with E-state index in [4.69, 9.17) is 10.3 Å². The van der Waals surface area contributed by atoms with Crippen molar-refractivity contribution in [1.82, 2.24) is 10.1 Å². The van der Waals surface area contributed by atoms with Gasteiger partial charge in [0.05, 0.1) is 6.04 Å². The van der Waals surface area contributed by atoms with Crippen molar-refractivity contribution in [2.45, 2.75) is 38.6 Å². The number of anilines is 1. The molecule has 0 saturated carbocycles. The zero-order valence-electron chi connectivity index (χ0n) is 9.15. The van der Waals surface area contributed by atoms with Gasteiger partial charge in [-0.05, 0) is 24.9 Å². The van der Waals surface area contributed by atoms with Crippen molar-refractivity contribution in [3.8, 4) is 0 Å². The van der Waals surface area contributed by atoms with Gasteiger partial charge in [-0.15, -0.1) is 0 Å². The van der Waals surface area contributed by atoms with Crippen LogP contribution in [-0.2, 0) is 0 Å². The van der Waals surface area contributed by atoms with E-state index in [9.17, 15) is 0 Å². The van der Waals surface area contributed by atoms with E-state index >= 15 is 0 Å². The monoisotopic (exact) mass is 210 g/mol. The van der Waals surface area contributed by atoms with Crippen LogP contribution in [0.4, 0.5) is 5.95 Å². The Kier molecular flexibility index (Phi) is 3.20. The summed E-state index contributed by atoms with van der Waals surface area (Å²) in [6, 6.07) is -0.182. The molecule has 1 atom stereocenters. The first-order chi connectivity index (χ1) is 7.27. The van der Waals surface area contributed by atoms with Gasteiger partial charge in [0.15, 0.2) is 0 Å². The van der Waals surface area contributed by atoms with Crippen LogP contribution in [-0.4, -0.2) is 23.2 Å². The minimum atomic E-state index is -0.182. The molecule has 2 heterocycles. The molecule has 5 nitrogen and oxygen atoms in total. The van der Waals surface area contributed by atoms with Gasteiger partial charge in [0.2, 0.25) is 5.89 Å². The molecule has 1 saturated heterocycles. The van der Waals surface area contributed by atoms with Crippen LogP contribution >= 0.6 is 0 Å². The molecular weight excluding hydrogens is 192 g/mol. The summed E-state index contributed by atoms with van der Waals surface area (Å²) in [7, 11) is 0. The topological polar surface area (TPSA) is 68.2 Å². The van der Waals surface area contributed by atoms with E-state index < -0.39 is 0 Å². The van der Waals surface area contributed by atoms with Crippen LogP contribution in [0.2, 0.25) is 0 Å². The van der Waals surface area contributed by atoms with Crippen molar-refractivity contribution in [3.63, 3.8) is 0 Å². The lowest BCUT2D eigenvalue weighted by Gasteiger charge is -2.16. The second kappa shape index (κ2) is 4.61. The Balaban J connectivity index is 2.06. The van der Waals surface area contributed by atoms with Crippen molar-refractivity contribution in [2.75, 3.05) is 18.0 Å². The van der Waals surface area contributed by atoms with Crippen LogP contribution in [0.5, 0.6) is 0 Å². The lowest BCUT2D eigenvalue weighted by Crippen LogP contribution is -2.25. The number of hydrogen-bond acceptors (Lipinski definition) is 5. The van der Waals surface area contributed by atoms with Crippen molar-refractivity contribution < 1.29 is 4.52 Å². The highest BCUT2D eigenvalue weighted by atomic mass is 16.5. The van der Waals surface area contributed by atoms with Gasteiger partial charge in [-0.2, -0.15) is 4.98 Å². The largest absolute Gasteiger partial charge is 0.338 e. The SMILES string of the molecule is C[C@@H](N)c1nc(N2CCCCCC2)no1. The molecule has 1 aromatic heterocycles. The number of rotatable bonds is 2. The first kappa shape index (κ1) is 10.4. The third-order valence-corrected chi connectivity index (χ3v) is 2.71. The third kappa shape index (κ3) is 2.47. The zero-order valence-corrected chi connectivity index (χ0v) is 9.15. The molecule has 1 aliphatic rings. The molecule has 0 bridgehead atoms. The second-order valence-electron chi connectivity index (χ2n) is 4.12. The molecular formula is C10H18N4O. The molecule has 2 N–H and O–H groups in total. The minimum Gasteiger partial charge on any atom is -0.338 e. The van der Waals surface area contributed by atoms with Crippen LogP contribution in [0.3, 0.4) is 0 Å². The highest BCUT2D eigenvalue weighted by molar-refractivity contribution is 5.27. The number of nitrogens with zero attached hydrogens (tertiary/aromatic N) is 3. The van der Waals surface area contributed by atoms with Gasteiger partial charge in [0.25, 0.3) is 5.95 Å². The van der Waals surface area contributed by atoms with Gasteiger partial charge < -0.3 is 15.2 Å². The van der Waals surface area contributed by atoms with Crippen LogP contribution in [0.25, 0.3) is 0 Å². The van der Waals surface area contributed by atoms with Crippen molar-refractivity contribution in [1.29, 1.82) is 0 Å². The normalized spacial score (nSPS) is 20.0. The summed E-state index contributed by atoms with van der Waals surface area (Å²) in [5.41, 5.74) is 5.67. The van der Waals surface area contributed by atoms with Crippen LogP contribution < -0.4 is 10.6 Å². The third-order valence-electron chi connectivity index (χ3n) is 2.71. The molecule has 1 fully saturated rings. The molecule has 84 valence electrons. The van der Waals surface area contributed by atoms with Gasteiger partial charge in [-0.25, -0.2) is 0 Å². The van der Waals surface area contributed by atoms with E-state index in [2.05, 4.69) is 15.0 Å². The van der Waals surface area contributed by atoms with Gasteiger partial charge in [-0.1, -0.05) is 12.8 Å². The molecule has 0 amide bonds. The van der Waals surface area contributed by atoms with Crippen LogP contribution in [0, 0.1) is 0 Å². The Morgan fingerprint density at radius 3 is 2.47 bits per heavy atom. The molecule has 15 heavy (non-hydrogen) atoms. The standard InChI is InChI=1S/C10H18N4O/c1-8(11)9-12-10(13-15-9)14-6-4-2-3-5-7-14/h8H,2-7,11H2,1H3/t8-/m1/s1. The maximum Gasteiger partial charge on any atom is 0.266 e. The maximum absolute atomic E-state index is 5.67. The summed E-state index contributed by atoms with van der Waals surface area (Å²) in [4.78, 5) is 6.48. The average Bonchev–Trinajstić information content (AvgIpc) is 2.55. The Labute approximate surface area is 89.6 Å². The minimum absolute atomic E-state index is 0.182. The van der Waals surface area contributed by atoms with Gasteiger partial charge in [0.1, 0.15) is 0 Å².